The fourth-order valence-electron chi connectivity index (χ4n) is 2.60. The van der Waals surface area contributed by atoms with Crippen molar-refractivity contribution in [2.45, 2.75) is 0 Å². The molecule has 1 aliphatic heterocycles. The van der Waals surface area contributed by atoms with Gasteiger partial charge in [0.1, 0.15) is 17.2 Å². The van der Waals surface area contributed by atoms with Crippen LogP contribution in [0.25, 0.3) is 0 Å². The number of hydrogen-bond donors (Lipinski definition) is 0. The van der Waals surface area contributed by atoms with Crippen LogP contribution in [-0.4, -0.2) is 50.6 Å². The Bertz CT molecular complexity index is 799. The molecule has 4 rings (SSSR count). The number of rotatable bonds is 9. The van der Waals surface area contributed by atoms with Crippen LogP contribution in [0.4, 0.5) is 0 Å². The molecule has 0 aromatic heterocycles. The summed E-state index contributed by atoms with van der Waals surface area (Å²) in [5.74, 6) is 2.04. The fourth-order valence-corrected chi connectivity index (χ4v) is 2.60. The molecule has 34 heavy (non-hydrogen) atoms. The van der Waals surface area contributed by atoms with Crippen molar-refractivity contribution >= 4 is 29.3 Å². The van der Waals surface area contributed by atoms with Crippen molar-refractivity contribution in [2.24, 2.45) is 0 Å². The van der Waals surface area contributed by atoms with Gasteiger partial charge in [0.25, 0.3) is 0 Å². The monoisotopic (exact) mass is 464 g/mol. The van der Waals surface area contributed by atoms with Gasteiger partial charge in [-0.15, -0.1) is 0 Å². The summed E-state index contributed by atoms with van der Waals surface area (Å²) in [5, 5.41) is 0. The lowest BCUT2D eigenvalue weighted by Crippen LogP contribution is -2.51. The Balaban J connectivity index is 0.000000229. The molecule has 0 saturated carbocycles. The van der Waals surface area contributed by atoms with Crippen LogP contribution in [0.2, 0.25) is 0 Å². The van der Waals surface area contributed by atoms with Gasteiger partial charge in [0.15, 0.2) is 0 Å². The second kappa shape index (κ2) is 14.4. The molecule has 0 unspecified atom stereocenters. The maximum atomic E-state index is 5.78. The van der Waals surface area contributed by atoms with Crippen molar-refractivity contribution in [3.63, 3.8) is 0 Å². The summed E-state index contributed by atoms with van der Waals surface area (Å²) >= 11 is 0. The third-order valence-corrected chi connectivity index (χ3v) is 4.17. The maximum Gasteiger partial charge on any atom is 0.864 e. The SMILES string of the molecule is COB1OB(OC)OB(OC)O1.c1ccc(OB(Oc2ccccc2)Oc2ccccc2)cc1. The summed E-state index contributed by atoms with van der Waals surface area (Å²) in [6.45, 7) is 0. The molecule has 1 aliphatic rings. The lowest BCUT2D eigenvalue weighted by molar-refractivity contribution is 0.0958. The van der Waals surface area contributed by atoms with E-state index in [1.54, 1.807) is 0 Å². The van der Waals surface area contributed by atoms with E-state index in [9.17, 15) is 0 Å². The average Bonchev–Trinajstić information content (AvgIpc) is 2.90. The molecular formula is C21H24B4O9. The predicted octanol–water partition coefficient (Wildman–Crippen LogP) is 3.15. The third-order valence-electron chi connectivity index (χ3n) is 4.17. The van der Waals surface area contributed by atoms with Gasteiger partial charge in [-0.2, -0.15) is 0 Å². The van der Waals surface area contributed by atoms with E-state index >= 15 is 0 Å². The lowest BCUT2D eigenvalue weighted by Gasteiger charge is -2.25. The molecule has 0 aliphatic carbocycles. The normalized spacial score (nSPS) is 13.0. The van der Waals surface area contributed by atoms with Gasteiger partial charge >= 0.3 is 29.3 Å². The first-order valence-corrected chi connectivity index (χ1v) is 10.4. The van der Waals surface area contributed by atoms with Crippen LogP contribution in [0.15, 0.2) is 91.0 Å². The van der Waals surface area contributed by atoms with Gasteiger partial charge in [-0.1, -0.05) is 54.6 Å². The molecular weight excluding hydrogens is 439 g/mol. The molecule has 0 radical (unpaired) electrons. The van der Waals surface area contributed by atoms with Crippen molar-refractivity contribution in [1.29, 1.82) is 0 Å². The molecule has 1 saturated heterocycles. The molecule has 1 fully saturated rings. The summed E-state index contributed by atoms with van der Waals surface area (Å²) < 4.78 is 46.5. The summed E-state index contributed by atoms with van der Waals surface area (Å²) in [6, 6.07) is 28.3. The number of benzene rings is 3. The Morgan fingerprint density at radius 1 is 0.471 bits per heavy atom. The first kappa shape index (κ1) is 25.7. The van der Waals surface area contributed by atoms with Crippen molar-refractivity contribution in [2.75, 3.05) is 21.3 Å². The first-order chi connectivity index (χ1) is 16.7. The Kier molecular flexibility index (Phi) is 10.9. The Morgan fingerprint density at radius 2 is 0.735 bits per heavy atom. The van der Waals surface area contributed by atoms with E-state index in [4.69, 9.17) is 41.6 Å². The van der Waals surface area contributed by atoms with Gasteiger partial charge in [0.2, 0.25) is 0 Å². The summed E-state index contributed by atoms with van der Waals surface area (Å²) in [5.41, 5.74) is 0. The second-order valence-electron chi connectivity index (χ2n) is 6.56. The van der Waals surface area contributed by atoms with Crippen molar-refractivity contribution < 1.29 is 41.6 Å². The van der Waals surface area contributed by atoms with E-state index in [2.05, 4.69) is 0 Å². The predicted molar refractivity (Wildman–Crippen MR) is 129 cm³/mol. The van der Waals surface area contributed by atoms with Gasteiger partial charge in [-0.05, 0) is 36.4 Å². The van der Waals surface area contributed by atoms with Crippen LogP contribution in [0, 0.1) is 0 Å². The molecule has 0 atom stereocenters. The first-order valence-electron chi connectivity index (χ1n) is 10.4. The largest absolute Gasteiger partial charge is 0.864 e. The van der Waals surface area contributed by atoms with Crippen molar-refractivity contribution in [3.05, 3.63) is 91.0 Å². The van der Waals surface area contributed by atoms with Gasteiger partial charge in [-0.25, -0.2) is 0 Å². The van der Waals surface area contributed by atoms with Gasteiger partial charge < -0.3 is 41.6 Å². The molecule has 0 spiro atoms. The molecule has 0 amide bonds. The zero-order valence-electron chi connectivity index (χ0n) is 19.1. The molecule has 0 N–H and O–H groups in total. The van der Waals surface area contributed by atoms with Crippen molar-refractivity contribution in [3.8, 4) is 17.2 Å². The van der Waals surface area contributed by atoms with Gasteiger partial charge in [0.05, 0.1) is 0 Å². The van der Waals surface area contributed by atoms with Crippen molar-refractivity contribution in [1.82, 2.24) is 0 Å². The molecule has 174 valence electrons. The van der Waals surface area contributed by atoms with Crippen LogP contribution in [0.3, 0.4) is 0 Å². The van der Waals surface area contributed by atoms with E-state index in [0.717, 1.165) is 0 Å². The van der Waals surface area contributed by atoms with E-state index in [1.807, 2.05) is 91.0 Å². The van der Waals surface area contributed by atoms with E-state index < -0.39 is 29.3 Å². The number of para-hydroxylation sites is 3. The smallest absolute Gasteiger partial charge is 0.490 e. The maximum absolute atomic E-state index is 5.78. The van der Waals surface area contributed by atoms with Crippen LogP contribution < -0.4 is 14.0 Å². The minimum absolute atomic E-state index is 0.680. The summed E-state index contributed by atoms with van der Waals surface area (Å²) in [7, 11) is 0.975. The zero-order chi connectivity index (χ0) is 24.0. The number of hydrogen-bond acceptors (Lipinski definition) is 9. The van der Waals surface area contributed by atoms with Crippen LogP contribution in [-0.2, 0) is 27.7 Å². The Hall–Kier alpha value is -2.92. The summed E-state index contributed by atoms with van der Waals surface area (Å²) in [4.78, 5) is 0. The second-order valence-corrected chi connectivity index (χ2v) is 6.56. The van der Waals surface area contributed by atoms with E-state index in [1.165, 1.54) is 21.3 Å². The quantitative estimate of drug-likeness (QED) is 0.444. The molecule has 9 nitrogen and oxygen atoms in total. The Labute approximate surface area is 200 Å². The van der Waals surface area contributed by atoms with Crippen LogP contribution in [0.5, 0.6) is 17.2 Å². The standard InChI is InChI=1S/C18H15BO3.C3H9B3O6/c1-4-10-16(11-5-1)20-19(21-17-12-6-2-7-13-17)22-18-14-8-3-9-15-18;1-7-4-10-5(8-2)12-6(9-3)11-4/h1-15H;1-3H3. The highest BCUT2D eigenvalue weighted by Gasteiger charge is 2.44. The molecule has 13 heteroatoms. The molecule has 3 aromatic rings. The lowest BCUT2D eigenvalue weighted by atomic mass is 9.97. The third kappa shape index (κ3) is 8.79. The van der Waals surface area contributed by atoms with Crippen LogP contribution >= 0.6 is 0 Å². The minimum Gasteiger partial charge on any atom is -0.490 e. The highest BCUT2D eigenvalue weighted by Crippen LogP contribution is 2.17. The van der Waals surface area contributed by atoms with Gasteiger partial charge in [0, 0.05) is 21.3 Å². The average molecular weight is 464 g/mol. The highest BCUT2D eigenvalue weighted by molar-refractivity contribution is 6.66. The summed E-state index contributed by atoms with van der Waals surface area (Å²) in [6.07, 6.45) is 0. The molecule has 1 heterocycles. The van der Waals surface area contributed by atoms with E-state index in [-0.39, 0.29) is 0 Å². The Morgan fingerprint density at radius 3 is 0.971 bits per heavy atom. The molecule has 0 bridgehead atoms. The van der Waals surface area contributed by atoms with Crippen LogP contribution in [0.1, 0.15) is 0 Å². The van der Waals surface area contributed by atoms with E-state index in [0.29, 0.717) is 17.2 Å². The molecule has 3 aromatic carbocycles. The minimum atomic E-state index is -0.868. The van der Waals surface area contributed by atoms with Gasteiger partial charge in [-0.3, -0.25) is 0 Å². The highest BCUT2D eigenvalue weighted by atomic mass is 16.9. The topological polar surface area (TPSA) is 83.1 Å². The zero-order valence-corrected chi connectivity index (χ0v) is 19.1. The fraction of sp³-hybridized carbons (Fsp3) is 0.143.